The summed E-state index contributed by atoms with van der Waals surface area (Å²) in [4.78, 5) is 11.1. The van der Waals surface area contributed by atoms with E-state index >= 15 is 0 Å². The van der Waals surface area contributed by atoms with Crippen LogP contribution in [0.3, 0.4) is 0 Å². The Bertz CT molecular complexity index is 238. The minimum atomic E-state index is -0.587. The number of unbranched alkanes of at least 4 members (excludes halogenated alkanes) is 12. The van der Waals surface area contributed by atoms with Crippen molar-refractivity contribution in [2.24, 2.45) is 5.92 Å². The molecule has 132 valence electrons. The summed E-state index contributed by atoms with van der Waals surface area (Å²) in [6.45, 7) is 4.39. The number of hydrogen-bond acceptors (Lipinski definition) is 1. The average molecular weight is 313 g/mol. The maximum Gasteiger partial charge on any atom is 0.306 e. The first-order valence-corrected chi connectivity index (χ1v) is 9.95. The molecule has 0 aliphatic heterocycles. The molecular weight excluding hydrogens is 272 g/mol. The minimum absolute atomic E-state index is 0.0944. The second-order valence-corrected chi connectivity index (χ2v) is 6.86. The van der Waals surface area contributed by atoms with E-state index in [0.29, 0.717) is 0 Å². The van der Waals surface area contributed by atoms with E-state index in [9.17, 15) is 9.90 Å². The average Bonchev–Trinajstić information content (AvgIpc) is 2.51. The summed E-state index contributed by atoms with van der Waals surface area (Å²) >= 11 is 0. The van der Waals surface area contributed by atoms with Crippen molar-refractivity contribution in [3.05, 3.63) is 0 Å². The second-order valence-electron chi connectivity index (χ2n) is 6.86. The Balaban J connectivity index is 3.29. The first-order valence-electron chi connectivity index (χ1n) is 9.95. The molecule has 0 spiro atoms. The molecule has 0 heterocycles. The maximum absolute atomic E-state index is 11.1. The molecule has 0 bridgehead atoms. The van der Waals surface area contributed by atoms with Crippen molar-refractivity contribution in [2.75, 3.05) is 0 Å². The quantitative estimate of drug-likeness (QED) is 0.294. The van der Waals surface area contributed by atoms with E-state index in [-0.39, 0.29) is 5.92 Å². The fourth-order valence-corrected chi connectivity index (χ4v) is 3.07. The van der Waals surface area contributed by atoms with Crippen molar-refractivity contribution in [1.29, 1.82) is 0 Å². The zero-order valence-electron chi connectivity index (χ0n) is 15.2. The molecule has 1 atom stereocenters. The van der Waals surface area contributed by atoms with Crippen molar-refractivity contribution in [3.63, 3.8) is 0 Å². The Labute approximate surface area is 139 Å². The van der Waals surface area contributed by atoms with Crippen LogP contribution in [0, 0.1) is 5.92 Å². The van der Waals surface area contributed by atoms with Gasteiger partial charge in [0.1, 0.15) is 0 Å². The smallest absolute Gasteiger partial charge is 0.306 e. The van der Waals surface area contributed by atoms with Gasteiger partial charge in [-0.15, -0.1) is 0 Å². The highest BCUT2D eigenvalue weighted by Gasteiger charge is 2.15. The number of hydrogen-bond donors (Lipinski definition) is 1. The summed E-state index contributed by atoms with van der Waals surface area (Å²) in [5.74, 6) is -0.681. The van der Waals surface area contributed by atoms with Gasteiger partial charge in [0.05, 0.1) is 5.92 Å². The van der Waals surface area contributed by atoms with Crippen molar-refractivity contribution in [2.45, 2.75) is 117 Å². The Morgan fingerprint density at radius 3 is 1.41 bits per heavy atom. The normalized spacial score (nSPS) is 12.5. The van der Waals surface area contributed by atoms with E-state index < -0.39 is 5.97 Å². The molecule has 0 saturated heterocycles. The largest absolute Gasteiger partial charge is 0.481 e. The van der Waals surface area contributed by atoms with Gasteiger partial charge in [-0.2, -0.15) is 0 Å². The van der Waals surface area contributed by atoms with E-state index in [0.717, 1.165) is 32.1 Å². The summed E-state index contributed by atoms with van der Waals surface area (Å²) in [5.41, 5.74) is 0. The Hall–Kier alpha value is -0.530. The molecule has 1 N–H and O–H groups in total. The van der Waals surface area contributed by atoms with Crippen LogP contribution in [0.15, 0.2) is 0 Å². The van der Waals surface area contributed by atoms with Crippen LogP contribution in [0.1, 0.15) is 117 Å². The number of rotatable bonds is 17. The molecule has 0 aromatic carbocycles. The highest BCUT2D eigenvalue weighted by Crippen LogP contribution is 2.18. The molecule has 0 fully saturated rings. The van der Waals surface area contributed by atoms with Crippen LogP contribution >= 0.6 is 0 Å². The van der Waals surface area contributed by atoms with Gasteiger partial charge in [-0.25, -0.2) is 0 Å². The van der Waals surface area contributed by atoms with Gasteiger partial charge in [-0.1, -0.05) is 104 Å². The molecule has 0 aliphatic rings. The van der Waals surface area contributed by atoms with Gasteiger partial charge in [-0.3, -0.25) is 4.79 Å². The summed E-state index contributed by atoms with van der Waals surface area (Å²) in [7, 11) is 0. The van der Waals surface area contributed by atoms with Gasteiger partial charge in [0, 0.05) is 0 Å². The molecule has 0 aromatic heterocycles. The SMILES string of the molecule is CCCCCCCCCCCCCCC(CCCC)C(=O)O. The van der Waals surface area contributed by atoms with Crippen molar-refractivity contribution in [1.82, 2.24) is 0 Å². The first-order chi connectivity index (χ1) is 10.7. The van der Waals surface area contributed by atoms with Crippen LogP contribution in [0.5, 0.6) is 0 Å². The first kappa shape index (κ1) is 21.5. The van der Waals surface area contributed by atoms with Crippen LogP contribution in [-0.2, 0) is 4.79 Å². The molecular formula is C20H40O2. The summed E-state index contributed by atoms with van der Waals surface area (Å²) in [6.07, 6.45) is 20.0. The van der Waals surface area contributed by atoms with E-state index in [4.69, 9.17) is 0 Å². The molecule has 1 unspecified atom stereocenters. The molecule has 0 aliphatic carbocycles. The number of carboxylic acids is 1. The van der Waals surface area contributed by atoms with Crippen LogP contribution < -0.4 is 0 Å². The fraction of sp³-hybridized carbons (Fsp3) is 0.950. The van der Waals surface area contributed by atoms with E-state index in [1.54, 1.807) is 0 Å². The second kappa shape index (κ2) is 16.8. The highest BCUT2D eigenvalue weighted by atomic mass is 16.4. The molecule has 0 radical (unpaired) electrons. The van der Waals surface area contributed by atoms with Crippen LogP contribution in [-0.4, -0.2) is 11.1 Å². The predicted molar refractivity (Wildman–Crippen MR) is 96.3 cm³/mol. The Morgan fingerprint density at radius 2 is 1.00 bits per heavy atom. The van der Waals surface area contributed by atoms with Crippen LogP contribution in [0.2, 0.25) is 0 Å². The Kier molecular flexibility index (Phi) is 16.4. The van der Waals surface area contributed by atoms with Gasteiger partial charge >= 0.3 is 5.97 Å². The van der Waals surface area contributed by atoms with Gasteiger partial charge < -0.3 is 5.11 Å². The minimum Gasteiger partial charge on any atom is -0.481 e. The number of carbonyl (C=O) groups is 1. The summed E-state index contributed by atoms with van der Waals surface area (Å²) in [6, 6.07) is 0. The topological polar surface area (TPSA) is 37.3 Å². The third kappa shape index (κ3) is 14.4. The predicted octanol–water partition coefficient (Wildman–Crippen LogP) is 6.97. The molecule has 0 saturated carbocycles. The maximum atomic E-state index is 11.1. The van der Waals surface area contributed by atoms with Crippen molar-refractivity contribution in [3.8, 4) is 0 Å². The van der Waals surface area contributed by atoms with E-state index in [1.165, 1.54) is 70.6 Å². The van der Waals surface area contributed by atoms with Crippen LogP contribution in [0.4, 0.5) is 0 Å². The fourth-order valence-electron chi connectivity index (χ4n) is 3.07. The Morgan fingerprint density at radius 1 is 0.636 bits per heavy atom. The lowest BCUT2D eigenvalue weighted by Crippen LogP contribution is -2.13. The molecule has 0 amide bonds. The zero-order chi connectivity index (χ0) is 16.5. The number of carboxylic acid groups (broad SMARTS) is 1. The lowest BCUT2D eigenvalue weighted by atomic mass is 9.95. The zero-order valence-corrected chi connectivity index (χ0v) is 15.2. The summed E-state index contributed by atoms with van der Waals surface area (Å²) < 4.78 is 0. The van der Waals surface area contributed by atoms with Crippen molar-refractivity contribution < 1.29 is 9.90 Å². The molecule has 2 nitrogen and oxygen atoms in total. The van der Waals surface area contributed by atoms with Gasteiger partial charge in [0.2, 0.25) is 0 Å². The molecule has 0 rings (SSSR count). The third-order valence-electron chi connectivity index (χ3n) is 4.66. The van der Waals surface area contributed by atoms with E-state index in [2.05, 4.69) is 13.8 Å². The lowest BCUT2D eigenvalue weighted by molar-refractivity contribution is -0.142. The molecule has 0 aromatic rings. The van der Waals surface area contributed by atoms with Gasteiger partial charge in [0.15, 0.2) is 0 Å². The van der Waals surface area contributed by atoms with Gasteiger partial charge in [-0.05, 0) is 12.8 Å². The number of aliphatic carboxylic acids is 1. The standard InChI is InChI=1S/C20H40O2/c1-3-5-7-8-9-10-11-12-13-14-15-16-18-19(20(21)22)17-6-4-2/h19H,3-18H2,1-2H3,(H,21,22). The van der Waals surface area contributed by atoms with E-state index in [1.807, 2.05) is 0 Å². The van der Waals surface area contributed by atoms with Crippen molar-refractivity contribution >= 4 is 5.97 Å². The summed E-state index contributed by atoms with van der Waals surface area (Å²) in [5, 5.41) is 9.18. The molecule has 2 heteroatoms. The van der Waals surface area contributed by atoms with Gasteiger partial charge in [0.25, 0.3) is 0 Å². The highest BCUT2D eigenvalue weighted by molar-refractivity contribution is 5.69. The lowest BCUT2D eigenvalue weighted by Gasteiger charge is -2.11. The monoisotopic (exact) mass is 312 g/mol. The third-order valence-corrected chi connectivity index (χ3v) is 4.66. The molecule has 22 heavy (non-hydrogen) atoms. The van der Waals surface area contributed by atoms with Crippen LogP contribution in [0.25, 0.3) is 0 Å².